The molecule has 0 atom stereocenters. The number of sulfone groups is 1. The van der Waals surface area contributed by atoms with Crippen molar-refractivity contribution in [2.24, 2.45) is 5.14 Å². The van der Waals surface area contributed by atoms with Crippen LogP contribution in [0, 0.1) is 5.82 Å². The molecule has 1 aromatic rings. The fourth-order valence-electron chi connectivity index (χ4n) is 0.975. The highest BCUT2D eigenvalue weighted by atomic mass is 32.2. The Kier molecular flexibility index (Phi) is 3.50. The molecule has 2 N–H and O–H groups in total. The van der Waals surface area contributed by atoms with Gasteiger partial charge in [0.05, 0.1) is 4.90 Å². The first kappa shape index (κ1) is 13.9. The third-order valence-corrected chi connectivity index (χ3v) is 4.08. The smallest absolute Gasteiger partial charge is 0.225 e. The lowest BCUT2D eigenvalue weighted by atomic mass is 10.3. The van der Waals surface area contributed by atoms with Gasteiger partial charge in [0.25, 0.3) is 0 Å². The molecule has 0 fully saturated rings. The molecular weight excluding hydrogens is 283 g/mol. The Bertz CT molecular complexity index is 639. The first-order valence-electron chi connectivity index (χ1n) is 3.91. The maximum atomic E-state index is 13.1. The van der Waals surface area contributed by atoms with Crippen LogP contribution in [0.2, 0.25) is 0 Å². The van der Waals surface area contributed by atoms with Gasteiger partial charge < -0.3 is 0 Å². The van der Waals surface area contributed by atoms with Crippen molar-refractivity contribution >= 4 is 19.9 Å². The number of benzene rings is 1. The molecule has 0 saturated heterocycles. The first-order chi connectivity index (χ1) is 7.56. The third kappa shape index (κ3) is 2.76. The molecule has 0 spiro atoms. The molecule has 0 aliphatic carbocycles. The molecule has 10 heteroatoms. The van der Waals surface area contributed by atoms with E-state index in [2.05, 4.69) is 5.14 Å². The summed E-state index contributed by atoms with van der Waals surface area (Å²) in [5.41, 5.74) is 0. The van der Waals surface area contributed by atoms with Crippen LogP contribution in [-0.2, 0) is 19.9 Å². The van der Waals surface area contributed by atoms with E-state index in [1.165, 1.54) is 0 Å². The van der Waals surface area contributed by atoms with E-state index in [-0.39, 0.29) is 6.07 Å². The van der Waals surface area contributed by atoms with Crippen LogP contribution in [0.15, 0.2) is 28.0 Å². The van der Waals surface area contributed by atoms with Crippen LogP contribution in [-0.4, -0.2) is 22.6 Å². The molecule has 0 aromatic heterocycles. The highest BCUT2D eigenvalue weighted by Crippen LogP contribution is 2.23. The van der Waals surface area contributed by atoms with Gasteiger partial charge in [0.15, 0.2) is 0 Å². The van der Waals surface area contributed by atoms with Gasteiger partial charge in [-0.2, -0.15) is 8.78 Å². The van der Waals surface area contributed by atoms with Gasteiger partial charge in [0.1, 0.15) is 10.7 Å². The molecular formula is C7H6F3NO4S2. The third-order valence-electron chi connectivity index (χ3n) is 1.77. The number of nitrogens with two attached hydrogens (primary N) is 1. The van der Waals surface area contributed by atoms with Gasteiger partial charge in [0.2, 0.25) is 19.9 Å². The van der Waals surface area contributed by atoms with Crippen molar-refractivity contribution in [1.82, 2.24) is 0 Å². The monoisotopic (exact) mass is 289 g/mol. The summed E-state index contributed by atoms with van der Waals surface area (Å²) in [7, 11) is -9.52. The van der Waals surface area contributed by atoms with Crippen LogP contribution >= 0.6 is 0 Å². The number of halogens is 3. The molecule has 17 heavy (non-hydrogen) atoms. The van der Waals surface area contributed by atoms with Crippen LogP contribution in [0.1, 0.15) is 0 Å². The Hall–Kier alpha value is -1.13. The number of hydrogen-bond acceptors (Lipinski definition) is 4. The number of primary sulfonamides is 1. The maximum Gasteiger partial charge on any atom is 0.341 e. The molecule has 0 amide bonds. The summed E-state index contributed by atoms with van der Waals surface area (Å²) in [6.45, 7) is 0. The largest absolute Gasteiger partial charge is 0.341 e. The van der Waals surface area contributed by atoms with E-state index in [0.29, 0.717) is 12.1 Å². The van der Waals surface area contributed by atoms with Crippen molar-refractivity contribution in [1.29, 1.82) is 0 Å². The highest BCUT2D eigenvalue weighted by Gasteiger charge is 2.30. The summed E-state index contributed by atoms with van der Waals surface area (Å²) in [6.07, 6.45) is 0. The highest BCUT2D eigenvalue weighted by molar-refractivity contribution is 7.92. The lowest BCUT2D eigenvalue weighted by Crippen LogP contribution is -2.16. The maximum absolute atomic E-state index is 13.1. The quantitative estimate of drug-likeness (QED) is 0.875. The predicted molar refractivity (Wildman–Crippen MR) is 51.0 cm³/mol. The SMILES string of the molecule is NS(=O)(=O)c1ccc(F)c(S(=O)(=O)C(F)F)c1. The molecule has 0 radical (unpaired) electrons. The summed E-state index contributed by atoms with van der Waals surface area (Å²) < 4.78 is 81.2. The van der Waals surface area contributed by atoms with Gasteiger partial charge in [-0.25, -0.2) is 26.4 Å². The molecule has 0 bridgehead atoms. The minimum Gasteiger partial charge on any atom is -0.225 e. The first-order valence-corrected chi connectivity index (χ1v) is 7.00. The second-order valence-electron chi connectivity index (χ2n) is 2.94. The Labute approximate surface area is 95.0 Å². The number of alkyl halides is 2. The van der Waals surface area contributed by atoms with Gasteiger partial charge in [-0.1, -0.05) is 0 Å². The fraction of sp³-hybridized carbons (Fsp3) is 0.143. The van der Waals surface area contributed by atoms with Crippen LogP contribution in [0.5, 0.6) is 0 Å². The number of rotatable bonds is 3. The fourth-order valence-corrected chi connectivity index (χ4v) is 2.41. The van der Waals surface area contributed by atoms with E-state index in [0.717, 1.165) is 0 Å². The molecule has 96 valence electrons. The van der Waals surface area contributed by atoms with Crippen LogP contribution in [0.4, 0.5) is 13.2 Å². The lowest BCUT2D eigenvalue weighted by Gasteiger charge is -2.06. The second kappa shape index (κ2) is 4.27. The van der Waals surface area contributed by atoms with Crippen LogP contribution < -0.4 is 5.14 Å². The zero-order chi connectivity index (χ0) is 13.4. The number of sulfonamides is 1. The van der Waals surface area contributed by atoms with E-state index in [1.54, 1.807) is 0 Å². The lowest BCUT2D eigenvalue weighted by molar-refractivity contribution is 0.234. The van der Waals surface area contributed by atoms with Crippen LogP contribution in [0.3, 0.4) is 0 Å². The summed E-state index contributed by atoms with van der Waals surface area (Å²) in [5.74, 6) is -5.33. The van der Waals surface area contributed by atoms with Crippen molar-refractivity contribution in [2.75, 3.05) is 0 Å². The van der Waals surface area contributed by atoms with Gasteiger partial charge >= 0.3 is 5.76 Å². The standard InChI is InChI=1S/C7H6F3NO4S2/c8-5-2-1-4(17(11,14)15)3-6(5)16(12,13)7(9)10/h1-3,7H,(H2,11,14,15). The molecule has 0 aliphatic heterocycles. The van der Waals surface area contributed by atoms with Gasteiger partial charge in [-0.05, 0) is 18.2 Å². The van der Waals surface area contributed by atoms with E-state index in [4.69, 9.17) is 0 Å². The molecule has 1 aromatic carbocycles. The van der Waals surface area contributed by atoms with Crippen molar-refractivity contribution in [3.8, 4) is 0 Å². The van der Waals surface area contributed by atoms with Gasteiger partial charge in [-0.3, -0.25) is 0 Å². The molecule has 1 rings (SSSR count). The minimum atomic E-state index is -5.22. The van der Waals surface area contributed by atoms with E-state index >= 15 is 0 Å². The van der Waals surface area contributed by atoms with E-state index in [9.17, 15) is 30.0 Å². The Morgan fingerprint density at radius 1 is 1.12 bits per heavy atom. The van der Waals surface area contributed by atoms with Crippen molar-refractivity contribution in [3.05, 3.63) is 24.0 Å². The van der Waals surface area contributed by atoms with Crippen molar-refractivity contribution < 1.29 is 30.0 Å². The zero-order valence-corrected chi connectivity index (χ0v) is 9.60. The molecule has 0 heterocycles. The number of hydrogen-bond donors (Lipinski definition) is 1. The predicted octanol–water partition coefficient (Wildman–Crippen LogP) is 0.469. The Balaban J connectivity index is 3.57. The van der Waals surface area contributed by atoms with Crippen LogP contribution in [0.25, 0.3) is 0 Å². The molecule has 0 unspecified atom stereocenters. The summed E-state index contributed by atoms with van der Waals surface area (Å²) >= 11 is 0. The molecule has 0 saturated carbocycles. The summed E-state index contributed by atoms with van der Waals surface area (Å²) in [6, 6.07) is 1.37. The average Bonchev–Trinajstić information content (AvgIpc) is 2.15. The molecule has 5 nitrogen and oxygen atoms in total. The van der Waals surface area contributed by atoms with Gasteiger partial charge in [0, 0.05) is 0 Å². The Morgan fingerprint density at radius 2 is 1.65 bits per heavy atom. The normalized spacial score (nSPS) is 13.0. The minimum absolute atomic E-state index is 0.256. The Morgan fingerprint density at radius 3 is 2.06 bits per heavy atom. The topological polar surface area (TPSA) is 94.3 Å². The summed E-state index contributed by atoms with van der Waals surface area (Å²) in [4.78, 5) is -2.17. The second-order valence-corrected chi connectivity index (χ2v) is 6.39. The molecule has 0 aliphatic rings. The zero-order valence-electron chi connectivity index (χ0n) is 7.97. The van der Waals surface area contributed by atoms with Gasteiger partial charge in [-0.15, -0.1) is 0 Å². The summed E-state index contributed by atoms with van der Waals surface area (Å²) in [5, 5.41) is 4.66. The average molecular weight is 289 g/mol. The van der Waals surface area contributed by atoms with Crippen molar-refractivity contribution in [3.63, 3.8) is 0 Å². The van der Waals surface area contributed by atoms with E-state index in [1.807, 2.05) is 0 Å². The van der Waals surface area contributed by atoms with Crippen molar-refractivity contribution in [2.45, 2.75) is 15.5 Å². The van der Waals surface area contributed by atoms with E-state index < -0.39 is 41.2 Å².